The lowest BCUT2D eigenvalue weighted by atomic mass is 10.1. The van der Waals surface area contributed by atoms with Gasteiger partial charge in [-0.05, 0) is 61.0 Å². The zero-order valence-electron chi connectivity index (χ0n) is 14.5. The Morgan fingerprint density at radius 2 is 1.92 bits per heavy atom. The number of nitrogens with one attached hydrogen (secondary N) is 2. The molecule has 1 aliphatic rings. The molecule has 0 atom stereocenters. The Hall–Kier alpha value is -2.93. The monoisotopic (exact) mass is 370 g/mol. The Bertz CT molecular complexity index is 906. The maximum atomic E-state index is 13.2. The van der Waals surface area contributed by atoms with Crippen molar-refractivity contribution in [2.45, 2.75) is 20.5 Å². The molecule has 0 aliphatic carbocycles. The minimum absolute atomic E-state index is 0.0615. The van der Waals surface area contributed by atoms with E-state index in [1.54, 1.807) is 23.1 Å². The Balaban J connectivity index is 2.11. The molecule has 0 aromatic heterocycles. The molecule has 1 heterocycles. The number of carbonyl (C=O) groups excluding carboxylic acids is 1. The molecule has 3 rings (SSSR count). The first-order valence-corrected chi connectivity index (χ1v) is 8.44. The average Bonchev–Trinajstić information content (AvgIpc) is 2.85. The van der Waals surface area contributed by atoms with E-state index < -0.39 is 6.67 Å². The molecule has 26 heavy (non-hydrogen) atoms. The fourth-order valence-electron chi connectivity index (χ4n) is 3.07. The van der Waals surface area contributed by atoms with Gasteiger partial charge in [0, 0.05) is 17.5 Å². The number of nitrogens with zero attached hydrogens (tertiary/aromatic N) is 1. The van der Waals surface area contributed by atoms with Crippen LogP contribution in [-0.4, -0.2) is 11.0 Å². The van der Waals surface area contributed by atoms with Gasteiger partial charge in [0.15, 0.2) is 5.11 Å². The number of nitrogens with two attached hydrogens (primary N) is 1. The number of rotatable bonds is 4. The van der Waals surface area contributed by atoms with E-state index in [9.17, 15) is 9.18 Å². The molecule has 4 N–H and O–H groups in total. The van der Waals surface area contributed by atoms with Crippen LogP contribution in [0.4, 0.5) is 15.8 Å². The molecule has 0 unspecified atom stereocenters. The number of thiocarbonyl (C=S) groups is 1. The Morgan fingerprint density at radius 3 is 2.54 bits per heavy atom. The Kier molecular flexibility index (Phi) is 4.90. The number of hydrazine groups is 1. The summed E-state index contributed by atoms with van der Waals surface area (Å²) in [5.41, 5.74) is 15.8. The predicted molar refractivity (Wildman–Crippen MR) is 105 cm³/mol. The van der Waals surface area contributed by atoms with Crippen molar-refractivity contribution in [2.24, 2.45) is 5.73 Å². The maximum absolute atomic E-state index is 13.2. The molecule has 1 aliphatic heterocycles. The van der Waals surface area contributed by atoms with Crippen LogP contribution in [0.3, 0.4) is 0 Å². The Labute approximate surface area is 156 Å². The second-order valence-electron chi connectivity index (χ2n) is 6.16. The summed E-state index contributed by atoms with van der Waals surface area (Å²) < 4.78 is 13.2. The van der Waals surface area contributed by atoms with Crippen LogP contribution in [0.1, 0.15) is 22.3 Å². The van der Waals surface area contributed by atoms with Gasteiger partial charge in [-0.1, -0.05) is 18.2 Å². The smallest absolute Gasteiger partial charge is 0.265 e. The number of benzene rings is 2. The molecule has 0 saturated carbocycles. The second-order valence-corrected chi connectivity index (χ2v) is 6.60. The summed E-state index contributed by atoms with van der Waals surface area (Å²) in [4.78, 5) is 14.7. The van der Waals surface area contributed by atoms with Gasteiger partial charge in [0.25, 0.3) is 5.91 Å². The van der Waals surface area contributed by atoms with E-state index in [2.05, 4.69) is 10.9 Å². The second kappa shape index (κ2) is 7.13. The van der Waals surface area contributed by atoms with Gasteiger partial charge in [0.2, 0.25) is 0 Å². The fraction of sp³-hybridized carbons (Fsp3) is 0.158. The highest BCUT2D eigenvalue weighted by Gasteiger charge is 2.34. The van der Waals surface area contributed by atoms with E-state index in [4.69, 9.17) is 18.0 Å². The molecule has 0 fully saturated rings. The molecule has 7 heteroatoms. The molecule has 1 amide bonds. The SMILES string of the molecule is Cc1cc(C)cc(N2C(=O)/C(=C\NNC(N)=S)c3ccc(CF)cc32)c1. The van der Waals surface area contributed by atoms with Gasteiger partial charge in [-0.25, -0.2) is 4.39 Å². The number of hydrogen-bond acceptors (Lipinski definition) is 3. The Morgan fingerprint density at radius 1 is 1.23 bits per heavy atom. The van der Waals surface area contributed by atoms with Gasteiger partial charge in [-0.15, -0.1) is 0 Å². The minimum atomic E-state index is -0.595. The molecule has 0 radical (unpaired) electrons. The topological polar surface area (TPSA) is 70.4 Å². The summed E-state index contributed by atoms with van der Waals surface area (Å²) in [7, 11) is 0. The van der Waals surface area contributed by atoms with Crippen LogP contribution in [0.2, 0.25) is 0 Å². The van der Waals surface area contributed by atoms with E-state index in [1.165, 1.54) is 6.20 Å². The third-order valence-electron chi connectivity index (χ3n) is 4.06. The molecule has 0 saturated heterocycles. The number of anilines is 2. The molecule has 0 bridgehead atoms. The van der Waals surface area contributed by atoms with Gasteiger partial charge in [-0.3, -0.25) is 15.1 Å². The third-order valence-corrected chi connectivity index (χ3v) is 4.16. The summed E-state index contributed by atoms with van der Waals surface area (Å²) in [6.07, 6.45) is 1.51. The van der Waals surface area contributed by atoms with Crippen LogP contribution >= 0.6 is 12.2 Å². The number of hydrogen-bond donors (Lipinski definition) is 3. The maximum Gasteiger partial charge on any atom is 0.265 e. The largest absolute Gasteiger partial charge is 0.375 e. The molecular weight excluding hydrogens is 351 g/mol. The van der Waals surface area contributed by atoms with Crippen LogP contribution < -0.4 is 21.5 Å². The summed E-state index contributed by atoms with van der Waals surface area (Å²) >= 11 is 4.74. The summed E-state index contributed by atoms with van der Waals surface area (Å²) in [5.74, 6) is -0.210. The molecule has 2 aromatic rings. The first kappa shape index (κ1) is 17.9. The number of amides is 1. The van der Waals surface area contributed by atoms with Crippen molar-refractivity contribution in [3.05, 3.63) is 64.9 Å². The number of aryl methyl sites for hydroxylation is 2. The minimum Gasteiger partial charge on any atom is -0.375 e. The molecule has 5 nitrogen and oxygen atoms in total. The van der Waals surface area contributed by atoms with E-state index in [0.717, 1.165) is 16.8 Å². The number of alkyl halides is 1. The predicted octanol–water partition coefficient (Wildman–Crippen LogP) is 3.13. The first-order valence-electron chi connectivity index (χ1n) is 8.04. The fourth-order valence-corrected chi connectivity index (χ4v) is 3.13. The number of fused-ring (bicyclic) bond motifs is 1. The van der Waals surface area contributed by atoms with Crippen molar-refractivity contribution in [1.29, 1.82) is 0 Å². The van der Waals surface area contributed by atoms with Crippen LogP contribution in [0.25, 0.3) is 5.57 Å². The highest BCUT2D eigenvalue weighted by atomic mass is 32.1. The van der Waals surface area contributed by atoms with Crippen molar-refractivity contribution >= 4 is 40.2 Å². The third kappa shape index (κ3) is 3.39. The number of halogens is 1. The number of carbonyl (C=O) groups is 1. The van der Waals surface area contributed by atoms with Gasteiger partial charge in [-0.2, -0.15) is 0 Å². The highest BCUT2D eigenvalue weighted by molar-refractivity contribution is 7.80. The van der Waals surface area contributed by atoms with Crippen molar-refractivity contribution in [2.75, 3.05) is 4.90 Å². The average molecular weight is 370 g/mol. The summed E-state index contributed by atoms with van der Waals surface area (Å²) in [5, 5.41) is 0.0615. The van der Waals surface area contributed by atoms with E-state index in [0.29, 0.717) is 22.4 Å². The van der Waals surface area contributed by atoms with Crippen LogP contribution in [0.5, 0.6) is 0 Å². The van der Waals surface area contributed by atoms with E-state index >= 15 is 0 Å². The lowest BCUT2D eigenvalue weighted by Crippen LogP contribution is -2.38. The first-order chi connectivity index (χ1) is 12.4. The van der Waals surface area contributed by atoms with Crippen molar-refractivity contribution < 1.29 is 9.18 Å². The highest BCUT2D eigenvalue weighted by Crippen LogP contribution is 2.42. The van der Waals surface area contributed by atoms with E-state index in [-0.39, 0.29) is 11.0 Å². The normalized spacial score (nSPS) is 14.5. The quantitative estimate of drug-likeness (QED) is 0.438. The van der Waals surface area contributed by atoms with Crippen molar-refractivity contribution in [3.8, 4) is 0 Å². The molecule has 0 spiro atoms. The zero-order chi connectivity index (χ0) is 18.8. The van der Waals surface area contributed by atoms with Crippen molar-refractivity contribution in [3.63, 3.8) is 0 Å². The zero-order valence-corrected chi connectivity index (χ0v) is 15.3. The standard InChI is InChI=1S/C19H19FN4OS/c1-11-5-12(2)7-14(6-11)24-17-8-13(9-20)3-4-15(17)16(18(24)25)10-22-23-19(21)26/h3-8,10,22H,9H2,1-2H3,(H3,21,23,26)/b16-10-. The molecule has 134 valence electrons. The van der Waals surface area contributed by atoms with Crippen LogP contribution in [0, 0.1) is 13.8 Å². The van der Waals surface area contributed by atoms with Gasteiger partial charge < -0.3 is 11.2 Å². The van der Waals surface area contributed by atoms with Gasteiger partial charge in [0.05, 0.1) is 11.3 Å². The van der Waals surface area contributed by atoms with Crippen molar-refractivity contribution in [1.82, 2.24) is 10.9 Å². The molecule has 2 aromatic carbocycles. The summed E-state index contributed by atoms with van der Waals surface area (Å²) in [6.45, 7) is 3.35. The molecular formula is C19H19FN4OS. The summed E-state index contributed by atoms with van der Waals surface area (Å²) in [6, 6.07) is 11.0. The van der Waals surface area contributed by atoms with Crippen LogP contribution in [0.15, 0.2) is 42.6 Å². The van der Waals surface area contributed by atoms with Gasteiger partial charge >= 0.3 is 0 Å². The van der Waals surface area contributed by atoms with Crippen LogP contribution in [-0.2, 0) is 11.5 Å². The van der Waals surface area contributed by atoms with Gasteiger partial charge in [0.1, 0.15) is 6.67 Å². The lowest BCUT2D eigenvalue weighted by molar-refractivity contribution is -0.112. The lowest BCUT2D eigenvalue weighted by Gasteiger charge is -2.19. The van der Waals surface area contributed by atoms with E-state index in [1.807, 2.05) is 32.0 Å².